The minimum absolute atomic E-state index is 0.451. The monoisotopic (exact) mass is 209 g/mol. The van der Waals surface area contributed by atoms with Gasteiger partial charge in [0.15, 0.2) is 0 Å². The van der Waals surface area contributed by atoms with Crippen molar-refractivity contribution in [3.05, 3.63) is 35.7 Å². The molecule has 74 valence electrons. The minimum atomic E-state index is -0.451. The summed E-state index contributed by atoms with van der Waals surface area (Å²) in [5.41, 5.74) is 4.96. The molecule has 0 atom stereocenters. The lowest BCUT2D eigenvalue weighted by molar-refractivity contribution is -0.113. The summed E-state index contributed by atoms with van der Waals surface area (Å²) < 4.78 is 5.13. The molecule has 4 heteroatoms. The maximum Gasteiger partial charge on any atom is 0.241 e. The van der Waals surface area contributed by atoms with Crippen LogP contribution in [0.3, 0.4) is 0 Å². The zero-order valence-electron chi connectivity index (χ0n) is 7.77. The highest BCUT2D eigenvalue weighted by molar-refractivity contribution is 8.02. The third-order valence-electron chi connectivity index (χ3n) is 1.50. The van der Waals surface area contributed by atoms with Crippen LogP contribution < -0.4 is 10.5 Å². The maximum absolute atomic E-state index is 10.4. The van der Waals surface area contributed by atoms with Gasteiger partial charge >= 0.3 is 0 Å². The van der Waals surface area contributed by atoms with Gasteiger partial charge in [-0.3, -0.25) is 4.79 Å². The SMILES string of the molecule is COc1ccccc1S/C=C\C(N)=O. The van der Waals surface area contributed by atoms with Crippen LogP contribution in [-0.2, 0) is 4.79 Å². The van der Waals surface area contributed by atoms with Crippen LogP contribution in [-0.4, -0.2) is 13.0 Å². The molecule has 1 rings (SSSR count). The molecule has 0 aliphatic heterocycles. The van der Waals surface area contributed by atoms with Crippen LogP contribution in [0.5, 0.6) is 5.75 Å². The van der Waals surface area contributed by atoms with Crippen molar-refractivity contribution in [1.29, 1.82) is 0 Å². The second-order valence-corrected chi connectivity index (χ2v) is 3.42. The zero-order chi connectivity index (χ0) is 10.4. The van der Waals surface area contributed by atoms with Crippen molar-refractivity contribution in [2.45, 2.75) is 4.90 Å². The fraction of sp³-hybridized carbons (Fsp3) is 0.100. The van der Waals surface area contributed by atoms with Gasteiger partial charge in [-0.05, 0) is 17.5 Å². The van der Waals surface area contributed by atoms with Crippen molar-refractivity contribution in [2.24, 2.45) is 5.73 Å². The zero-order valence-corrected chi connectivity index (χ0v) is 8.58. The minimum Gasteiger partial charge on any atom is -0.496 e. The molecule has 1 aromatic rings. The molecular formula is C10H11NO2S. The largest absolute Gasteiger partial charge is 0.496 e. The average molecular weight is 209 g/mol. The molecule has 1 amide bonds. The lowest BCUT2D eigenvalue weighted by atomic mass is 10.3. The lowest BCUT2D eigenvalue weighted by Crippen LogP contribution is -2.04. The molecule has 0 aliphatic rings. The van der Waals surface area contributed by atoms with E-state index in [-0.39, 0.29) is 0 Å². The van der Waals surface area contributed by atoms with Crippen molar-refractivity contribution in [3.8, 4) is 5.75 Å². The van der Waals surface area contributed by atoms with Crippen molar-refractivity contribution in [1.82, 2.24) is 0 Å². The number of thioether (sulfide) groups is 1. The van der Waals surface area contributed by atoms with Gasteiger partial charge < -0.3 is 10.5 Å². The van der Waals surface area contributed by atoms with Gasteiger partial charge in [0.1, 0.15) is 5.75 Å². The molecule has 0 fully saturated rings. The Morgan fingerprint density at radius 2 is 2.21 bits per heavy atom. The lowest BCUT2D eigenvalue weighted by Gasteiger charge is -2.03. The fourth-order valence-corrected chi connectivity index (χ4v) is 1.66. The van der Waals surface area contributed by atoms with Crippen molar-refractivity contribution in [3.63, 3.8) is 0 Å². The summed E-state index contributed by atoms with van der Waals surface area (Å²) in [6.45, 7) is 0. The molecule has 14 heavy (non-hydrogen) atoms. The van der Waals surface area contributed by atoms with Gasteiger partial charge in [0.05, 0.1) is 12.0 Å². The first kappa shape index (κ1) is 10.7. The van der Waals surface area contributed by atoms with Crippen LogP contribution in [0.4, 0.5) is 0 Å². The number of para-hydroxylation sites is 1. The van der Waals surface area contributed by atoms with Gasteiger partial charge in [-0.1, -0.05) is 23.9 Å². The molecule has 0 bridgehead atoms. The Morgan fingerprint density at radius 1 is 1.50 bits per heavy atom. The number of primary amides is 1. The van der Waals surface area contributed by atoms with E-state index in [0.29, 0.717) is 0 Å². The quantitative estimate of drug-likeness (QED) is 0.607. The molecule has 1 aromatic carbocycles. The summed E-state index contributed by atoms with van der Waals surface area (Å²) in [5, 5.41) is 1.64. The molecule has 0 aliphatic carbocycles. The van der Waals surface area contributed by atoms with Gasteiger partial charge in [0, 0.05) is 6.08 Å². The van der Waals surface area contributed by atoms with E-state index < -0.39 is 5.91 Å². The second-order valence-electron chi connectivity index (χ2n) is 2.47. The molecule has 2 N–H and O–H groups in total. The van der Waals surface area contributed by atoms with Crippen molar-refractivity contribution >= 4 is 17.7 Å². The van der Waals surface area contributed by atoms with E-state index >= 15 is 0 Å². The highest BCUT2D eigenvalue weighted by Crippen LogP contribution is 2.29. The molecule has 0 saturated carbocycles. The summed E-state index contributed by atoms with van der Waals surface area (Å²) >= 11 is 1.39. The summed E-state index contributed by atoms with van der Waals surface area (Å²) in [5.74, 6) is 0.332. The number of nitrogens with two attached hydrogens (primary N) is 1. The van der Waals surface area contributed by atoms with Gasteiger partial charge in [0.25, 0.3) is 0 Å². The first-order chi connectivity index (χ1) is 6.74. The standard InChI is InChI=1S/C10H11NO2S/c1-13-8-4-2-3-5-9(8)14-7-6-10(11)12/h2-7H,1H3,(H2,11,12)/b7-6-. The van der Waals surface area contributed by atoms with Crippen molar-refractivity contribution < 1.29 is 9.53 Å². The smallest absolute Gasteiger partial charge is 0.241 e. The summed E-state index contributed by atoms with van der Waals surface area (Å²) in [7, 11) is 1.61. The fourth-order valence-electron chi connectivity index (χ4n) is 0.891. The normalized spacial score (nSPS) is 10.4. The molecule has 3 nitrogen and oxygen atoms in total. The highest BCUT2D eigenvalue weighted by Gasteiger charge is 1.98. The van der Waals surface area contributed by atoms with E-state index in [0.717, 1.165) is 10.6 Å². The number of hydrogen-bond acceptors (Lipinski definition) is 3. The number of hydrogen-bond donors (Lipinski definition) is 1. The molecule has 0 aromatic heterocycles. The Morgan fingerprint density at radius 3 is 2.86 bits per heavy atom. The number of rotatable bonds is 4. The Hall–Kier alpha value is -1.42. The highest BCUT2D eigenvalue weighted by atomic mass is 32.2. The van der Waals surface area contributed by atoms with E-state index in [1.807, 2.05) is 24.3 Å². The Kier molecular flexibility index (Phi) is 4.07. The predicted molar refractivity (Wildman–Crippen MR) is 57.2 cm³/mol. The number of carbonyl (C=O) groups excluding carboxylic acids is 1. The first-order valence-corrected chi connectivity index (χ1v) is 4.87. The number of benzene rings is 1. The Labute approximate surface area is 86.9 Å². The molecule has 0 heterocycles. The van der Waals surface area contributed by atoms with E-state index in [4.69, 9.17) is 10.5 Å². The van der Waals surface area contributed by atoms with Gasteiger partial charge in [-0.15, -0.1) is 0 Å². The summed E-state index contributed by atoms with van der Waals surface area (Å²) in [6.07, 6.45) is 1.32. The number of ether oxygens (including phenoxy) is 1. The van der Waals surface area contributed by atoms with Crippen LogP contribution in [0.15, 0.2) is 40.6 Å². The van der Waals surface area contributed by atoms with Gasteiger partial charge in [-0.25, -0.2) is 0 Å². The third-order valence-corrected chi connectivity index (χ3v) is 2.36. The third kappa shape index (κ3) is 3.14. The van der Waals surface area contributed by atoms with Crippen LogP contribution in [0.2, 0.25) is 0 Å². The average Bonchev–Trinajstić information content (AvgIpc) is 2.18. The van der Waals surface area contributed by atoms with E-state index in [1.54, 1.807) is 12.5 Å². The Bertz CT molecular complexity index is 350. The molecule has 0 unspecified atom stereocenters. The number of methoxy groups -OCH3 is 1. The van der Waals surface area contributed by atoms with Crippen LogP contribution in [0.1, 0.15) is 0 Å². The van der Waals surface area contributed by atoms with Crippen LogP contribution >= 0.6 is 11.8 Å². The second kappa shape index (κ2) is 5.34. The number of carbonyl (C=O) groups is 1. The first-order valence-electron chi connectivity index (χ1n) is 3.99. The molecule has 0 saturated heterocycles. The summed E-state index contributed by atoms with van der Waals surface area (Å²) in [6, 6.07) is 7.57. The van der Waals surface area contributed by atoms with Crippen molar-refractivity contribution in [2.75, 3.05) is 7.11 Å². The Balaban J connectivity index is 2.71. The van der Waals surface area contributed by atoms with Gasteiger partial charge in [0.2, 0.25) is 5.91 Å². The topological polar surface area (TPSA) is 52.3 Å². The number of amides is 1. The molecule has 0 spiro atoms. The molecule has 0 radical (unpaired) electrons. The predicted octanol–water partition coefficient (Wildman–Crippen LogP) is 1.79. The van der Waals surface area contributed by atoms with Crippen LogP contribution in [0, 0.1) is 0 Å². The summed E-state index contributed by atoms with van der Waals surface area (Å²) in [4.78, 5) is 11.4. The van der Waals surface area contributed by atoms with Crippen LogP contribution in [0.25, 0.3) is 0 Å². The van der Waals surface area contributed by atoms with E-state index in [2.05, 4.69) is 0 Å². The maximum atomic E-state index is 10.4. The molecular weight excluding hydrogens is 198 g/mol. The van der Waals surface area contributed by atoms with E-state index in [9.17, 15) is 4.79 Å². The van der Waals surface area contributed by atoms with Gasteiger partial charge in [-0.2, -0.15) is 0 Å². The van der Waals surface area contributed by atoms with E-state index in [1.165, 1.54) is 17.8 Å².